The second-order valence-corrected chi connectivity index (χ2v) is 3.13. The molecule has 2 nitrogen and oxygen atoms in total. The predicted molar refractivity (Wildman–Crippen MR) is 42.8 cm³/mol. The average Bonchev–Trinajstić information content (AvgIpc) is 1.88. The zero-order chi connectivity index (χ0) is 7.61. The molecular weight excluding hydrogens is 150 g/mol. The summed E-state index contributed by atoms with van der Waals surface area (Å²) in [6.07, 6.45) is 0.924. The highest BCUT2D eigenvalue weighted by Gasteiger charge is 2.25. The molecular formula is C7H12ClNO. The molecule has 0 fully saturated rings. The third kappa shape index (κ3) is 1.63. The minimum Gasteiger partial charge on any atom is -0.481 e. The van der Waals surface area contributed by atoms with Crippen LogP contribution in [0, 0.1) is 0 Å². The third-order valence-corrected chi connectivity index (χ3v) is 2.24. The van der Waals surface area contributed by atoms with E-state index in [9.17, 15) is 0 Å². The minimum absolute atomic E-state index is 0.0795. The number of alkyl halides is 1. The van der Waals surface area contributed by atoms with Crippen LogP contribution in [-0.2, 0) is 4.74 Å². The van der Waals surface area contributed by atoms with Crippen molar-refractivity contribution in [2.75, 3.05) is 12.5 Å². The van der Waals surface area contributed by atoms with Crippen molar-refractivity contribution in [2.24, 2.45) is 4.99 Å². The summed E-state index contributed by atoms with van der Waals surface area (Å²) in [6.45, 7) is 4.66. The molecule has 0 aromatic heterocycles. The van der Waals surface area contributed by atoms with Crippen LogP contribution in [0.4, 0.5) is 0 Å². The Morgan fingerprint density at radius 1 is 1.80 bits per heavy atom. The first-order valence-electron chi connectivity index (χ1n) is 3.41. The Labute approximate surface area is 66.2 Å². The minimum atomic E-state index is -0.0795. The lowest BCUT2D eigenvalue weighted by Gasteiger charge is -2.27. The summed E-state index contributed by atoms with van der Waals surface area (Å²) >= 11 is 5.72. The first-order valence-corrected chi connectivity index (χ1v) is 3.95. The van der Waals surface area contributed by atoms with Crippen LogP contribution in [0.3, 0.4) is 0 Å². The van der Waals surface area contributed by atoms with Gasteiger partial charge in [-0.2, -0.15) is 0 Å². The molecule has 1 aliphatic heterocycles. The van der Waals surface area contributed by atoms with Crippen LogP contribution in [0.15, 0.2) is 4.99 Å². The SMILES string of the molecule is CC1=NC(C)(CCl)CCO1. The van der Waals surface area contributed by atoms with E-state index in [1.165, 1.54) is 0 Å². The van der Waals surface area contributed by atoms with Gasteiger partial charge in [0.25, 0.3) is 0 Å². The van der Waals surface area contributed by atoms with E-state index in [1.54, 1.807) is 0 Å². The van der Waals surface area contributed by atoms with Crippen LogP contribution in [0.1, 0.15) is 20.3 Å². The average molecular weight is 162 g/mol. The second kappa shape index (κ2) is 2.79. The fourth-order valence-electron chi connectivity index (χ4n) is 0.984. The lowest BCUT2D eigenvalue weighted by Crippen LogP contribution is -2.32. The van der Waals surface area contributed by atoms with Crippen LogP contribution in [0.25, 0.3) is 0 Å². The van der Waals surface area contributed by atoms with Crippen molar-refractivity contribution in [1.82, 2.24) is 0 Å². The number of rotatable bonds is 1. The highest BCUT2D eigenvalue weighted by Crippen LogP contribution is 2.21. The van der Waals surface area contributed by atoms with Gasteiger partial charge in [0.2, 0.25) is 0 Å². The smallest absolute Gasteiger partial charge is 0.180 e. The first-order chi connectivity index (χ1) is 4.66. The zero-order valence-electron chi connectivity index (χ0n) is 6.35. The number of hydrogen-bond acceptors (Lipinski definition) is 2. The Hall–Kier alpha value is -0.240. The molecule has 0 amide bonds. The highest BCUT2D eigenvalue weighted by molar-refractivity contribution is 6.18. The van der Waals surface area contributed by atoms with Gasteiger partial charge >= 0.3 is 0 Å². The summed E-state index contributed by atoms with van der Waals surface area (Å²) in [4.78, 5) is 4.30. The van der Waals surface area contributed by atoms with Gasteiger partial charge in [-0.15, -0.1) is 11.6 Å². The summed E-state index contributed by atoms with van der Waals surface area (Å²) < 4.78 is 5.17. The normalized spacial score (nSPS) is 32.9. The quantitative estimate of drug-likeness (QED) is 0.538. The second-order valence-electron chi connectivity index (χ2n) is 2.86. The molecule has 0 radical (unpaired) electrons. The molecule has 10 heavy (non-hydrogen) atoms. The number of ether oxygens (including phenoxy) is 1. The maximum atomic E-state index is 5.72. The van der Waals surface area contributed by atoms with E-state index in [-0.39, 0.29) is 5.54 Å². The van der Waals surface area contributed by atoms with Gasteiger partial charge in [-0.1, -0.05) is 0 Å². The van der Waals surface area contributed by atoms with Crippen molar-refractivity contribution >= 4 is 17.5 Å². The molecule has 1 rings (SSSR count). The van der Waals surface area contributed by atoms with Crippen LogP contribution < -0.4 is 0 Å². The number of aliphatic imine (C=N–C) groups is 1. The molecule has 0 saturated carbocycles. The Kier molecular flexibility index (Phi) is 2.19. The summed E-state index contributed by atoms with van der Waals surface area (Å²) in [6, 6.07) is 0. The number of nitrogens with zero attached hydrogens (tertiary/aromatic N) is 1. The zero-order valence-corrected chi connectivity index (χ0v) is 7.11. The van der Waals surface area contributed by atoms with Crippen molar-refractivity contribution < 1.29 is 4.74 Å². The molecule has 58 valence electrons. The fourth-order valence-corrected chi connectivity index (χ4v) is 1.18. The number of halogens is 1. The van der Waals surface area contributed by atoms with Crippen LogP contribution in [-0.4, -0.2) is 23.9 Å². The highest BCUT2D eigenvalue weighted by atomic mass is 35.5. The fraction of sp³-hybridized carbons (Fsp3) is 0.857. The molecule has 0 saturated heterocycles. The number of hydrogen-bond donors (Lipinski definition) is 0. The van der Waals surface area contributed by atoms with E-state index in [0.29, 0.717) is 5.88 Å². The van der Waals surface area contributed by atoms with E-state index in [0.717, 1.165) is 18.9 Å². The summed E-state index contributed by atoms with van der Waals surface area (Å²) in [5.41, 5.74) is -0.0795. The van der Waals surface area contributed by atoms with Crippen LogP contribution >= 0.6 is 11.6 Å². The molecule has 0 N–H and O–H groups in total. The molecule has 1 heterocycles. The lowest BCUT2D eigenvalue weighted by atomic mass is 10.0. The molecule has 0 spiro atoms. The van der Waals surface area contributed by atoms with Crippen molar-refractivity contribution in [3.05, 3.63) is 0 Å². The largest absolute Gasteiger partial charge is 0.481 e. The van der Waals surface area contributed by atoms with Gasteiger partial charge in [0.15, 0.2) is 5.90 Å². The molecule has 0 aliphatic carbocycles. The molecule has 1 atom stereocenters. The predicted octanol–water partition coefficient (Wildman–Crippen LogP) is 1.82. The van der Waals surface area contributed by atoms with Gasteiger partial charge in [0.1, 0.15) is 0 Å². The topological polar surface area (TPSA) is 21.6 Å². The van der Waals surface area contributed by atoms with E-state index in [2.05, 4.69) is 4.99 Å². The standard InChI is InChI=1S/C7H12ClNO/c1-6-9-7(2,5-8)3-4-10-6/h3-5H2,1-2H3. The van der Waals surface area contributed by atoms with Gasteiger partial charge in [0.05, 0.1) is 12.1 Å². The van der Waals surface area contributed by atoms with Crippen LogP contribution in [0.2, 0.25) is 0 Å². The monoisotopic (exact) mass is 161 g/mol. The lowest BCUT2D eigenvalue weighted by molar-refractivity contribution is 0.230. The van der Waals surface area contributed by atoms with E-state index in [4.69, 9.17) is 16.3 Å². The van der Waals surface area contributed by atoms with E-state index in [1.807, 2.05) is 13.8 Å². The van der Waals surface area contributed by atoms with Gasteiger partial charge in [-0.25, -0.2) is 4.99 Å². The summed E-state index contributed by atoms with van der Waals surface area (Å²) in [5.74, 6) is 1.34. The molecule has 1 aliphatic rings. The Bertz CT molecular complexity index is 158. The maximum absolute atomic E-state index is 5.72. The third-order valence-electron chi connectivity index (χ3n) is 1.67. The van der Waals surface area contributed by atoms with Crippen molar-refractivity contribution in [1.29, 1.82) is 0 Å². The van der Waals surface area contributed by atoms with E-state index < -0.39 is 0 Å². The molecule has 3 heteroatoms. The van der Waals surface area contributed by atoms with Crippen molar-refractivity contribution in [2.45, 2.75) is 25.8 Å². The van der Waals surface area contributed by atoms with Gasteiger partial charge < -0.3 is 4.74 Å². The molecule has 0 aromatic carbocycles. The summed E-state index contributed by atoms with van der Waals surface area (Å²) in [5, 5.41) is 0. The summed E-state index contributed by atoms with van der Waals surface area (Å²) in [7, 11) is 0. The maximum Gasteiger partial charge on any atom is 0.180 e. The van der Waals surface area contributed by atoms with E-state index >= 15 is 0 Å². The Morgan fingerprint density at radius 3 is 2.90 bits per heavy atom. The first kappa shape index (κ1) is 7.86. The van der Waals surface area contributed by atoms with Crippen molar-refractivity contribution in [3.63, 3.8) is 0 Å². The molecule has 0 bridgehead atoms. The molecule has 0 aromatic rings. The molecule has 1 unspecified atom stereocenters. The van der Waals surface area contributed by atoms with Gasteiger partial charge in [-0.05, 0) is 6.92 Å². The Balaban J connectivity index is 2.69. The van der Waals surface area contributed by atoms with Gasteiger partial charge in [-0.3, -0.25) is 0 Å². The van der Waals surface area contributed by atoms with Crippen molar-refractivity contribution in [3.8, 4) is 0 Å². The Morgan fingerprint density at radius 2 is 2.50 bits per heavy atom. The van der Waals surface area contributed by atoms with Gasteiger partial charge in [0, 0.05) is 19.2 Å². The van der Waals surface area contributed by atoms with Crippen LogP contribution in [0.5, 0.6) is 0 Å².